The van der Waals surface area contributed by atoms with Crippen LogP contribution in [0.1, 0.15) is 45.2 Å². The third-order valence-corrected chi connectivity index (χ3v) is 3.75. The first-order chi connectivity index (χ1) is 10.2. The van der Waals surface area contributed by atoms with Gasteiger partial charge in [-0.05, 0) is 29.5 Å². The Balaban J connectivity index is 2.12. The van der Waals surface area contributed by atoms with Gasteiger partial charge in [0.2, 0.25) is 11.8 Å². The Kier molecular flexibility index (Phi) is 4.84. The molecule has 1 heterocycles. The van der Waals surface area contributed by atoms with Crippen LogP contribution in [0.2, 0.25) is 0 Å². The normalized spacial score (nSPS) is 19.6. The average molecular weight is 306 g/mol. The fourth-order valence-electron chi connectivity index (χ4n) is 2.64. The number of carbonyl (C=O) groups is 2. The summed E-state index contributed by atoms with van der Waals surface area (Å²) in [6.45, 7) is 6.67. The van der Waals surface area contributed by atoms with Gasteiger partial charge in [0.05, 0.1) is 12.0 Å². The molecule has 1 saturated heterocycles. The van der Waals surface area contributed by atoms with Crippen molar-refractivity contribution in [1.29, 1.82) is 0 Å². The third-order valence-electron chi connectivity index (χ3n) is 3.75. The highest BCUT2D eigenvalue weighted by Gasteiger charge is 2.30. The quantitative estimate of drug-likeness (QED) is 0.898. The Labute approximate surface area is 130 Å². The molecule has 22 heavy (non-hydrogen) atoms. The lowest BCUT2D eigenvalue weighted by Crippen LogP contribution is -2.36. The molecule has 1 aromatic carbocycles. The predicted octanol–water partition coefficient (Wildman–Crippen LogP) is 2.56. The second kappa shape index (κ2) is 6.46. The topological polar surface area (TPSA) is 58.2 Å². The van der Waals surface area contributed by atoms with E-state index in [-0.39, 0.29) is 41.4 Å². The first kappa shape index (κ1) is 16.5. The van der Waals surface area contributed by atoms with Crippen LogP contribution < -0.4 is 10.6 Å². The highest BCUT2D eigenvalue weighted by atomic mass is 19.1. The minimum absolute atomic E-state index is 0.01000. The van der Waals surface area contributed by atoms with Gasteiger partial charge < -0.3 is 10.6 Å². The van der Waals surface area contributed by atoms with Crippen LogP contribution >= 0.6 is 0 Å². The summed E-state index contributed by atoms with van der Waals surface area (Å²) >= 11 is 0. The highest BCUT2D eigenvalue weighted by Crippen LogP contribution is 2.30. The fraction of sp³-hybridized carbons (Fsp3) is 0.529. The molecule has 2 unspecified atom stereocenters. The molecule has 2 atom stereocenters. The summed E-state index contributed by atoms with van der Waals surface area (Å²) in [5.74, 6) is -0.836. The molecule has 120 valence electrons. The van der Waals surface area contributed by atoms with E-state index in [2.05, 4.69) is 31.4 Å². The molecular formula is C17H23FN2O2. The van der Waals surface area contributed by atoms with Gasteiger partial charge in [0.15, 0.2) is 0 Å². The zero-order valence-corrected chi connectivity index (χ0v) is 13.3. The number of hydrogen-bond acceptors (Lipinski definition) is 2. The van der Waals surface area contributed by atoms with Gasteiger partial charge in [-0.15, -0.1) is 0 Å². The molecule has 1 fully saturated rings. The van der Waals surface area contributed by atoms with Crippen molar-refractivity contribution < 1.29 is 14.0 Å². The van der Waals surface area contributed by atoms with Crippen molar-refractivity contribution >= 4 is 11.8 Å². The van der Waals surface area contributed by atoms with Gasteiger partial charge in [0, 0.05) is 13.0 Å². The van der Waals surface area contributed by atoms with E-state index in [9.17, 15) is 14.0 Å². The number of halogens is 1. The van der Waals surface area contributed by atoms with Crippen LogP contribution in [0.15, 0.2) is 24.3 Å². The van der Waals surface area contributed by atoms with E-state index in [0.717, 1.165) is 12.0 Å². The molecule has 2 rings (SSSR count). The molecule has 2 N–H and O–H groups in total. The summed E-state index contributed by atoms with van der Waals surface area (Å²) in [5.41, 5.74) is 0.887. The molecule has 2 amide bonds. The zero-order valence-electron chi connectivity index (χ0n) is 13.3. The molecule has 5 heteroatoms. The molecular weight excluding hydrogens is 283 g/mol. The van der Waals surface area contributed by atoms with Crippen molar-refractivity contribution in [3.63, 3.8) is 0 Å². The molecule has 0 bridgehead atoms. The predicted molar refractivity (Wildman–Crippen MR) is 82.5 cm³/mol. The van der Waals surface area contributed by atoms with Crippen LogP contribution in [0.4, 0.5) is 4.39 Å². The summed E-state index contributed by atoms with van der Waals surface area (Å²) in [4.78, 5) is 23.6. The molecule has 0 spiro atoms. The van der Waals surface area contributed by atoms with Crippen LogP contribution in [0.5, 0.6) is 0 Å². The van der Waals surface area contributed by atoms with Crippen LogP contribution in [0, 0.1) is 17.2 Å². The maximum atomic E-state index is 13.1. The summed E-state index contributed by atoms with van der Waals surface area (Å²) in [6.07, 6.45) is 0.968. The smallest absolute Gasteiger partial charge is 0.225 e. The minimum atomic E-state index is -0.324. The summed E-state index contributed by atoms with van der Waals surface area (Å²) in [7, 11) is 0. The molecule has 0 aromatic heterocycles. The molecule has 1 aliphatic rings. The van der Waals surface area contributed by atoms with Crippen LogP contribution in [-0.4, -0.2) is 18.4 Å². The van der Waals surface area contributed by atoms with E-state index < -0.39 is 0 Å². The fourth-order valence-corrected chi connectivity index (χ4v) is 2.64. The highest BCUT2D eigenvalue weighted by molar-refractivity contribution is 5.89. The number of carbonyl (C=O) groups excluding carboxylic acids is 2. The van der Waals surface area contributed by atoms with Gasteiger partial charge in [-0.1, -0.05) is 32.9 Å². The van der Waals surface area contributed by atoms with E-state index in [0.29, 0.717) is 6.54 Å². The average Bonchev–Trinajstić information content (AvgIpc) is 2.84. The maximum absolute atomic E-state index is 13.1. The van der Waals surface area contributed by atoms with Crippen molar-refractivity contribution in [2.75, 3.05) is 6.54 Å². The van der Waals surface area contributed by atoms with E-state index in [4.69, 9.17) is 0 Å². The maximum Gasteiger partial charge on any atom is 0.225 e. The Bertz CT molecular complexity index is 549. The second-order valence-corrected chi connectivity index (χ2v) is 7.08. The second-order valence-electron chi connectivity index (χ2n) is 7.08. The van der Waals surface area contributed by atoms with Gasteiger partial charge >= 0.3 is 0 Å². The summed E-state index contributed by atoms with van der Waals surface area (Å²) in [6, 6.07) is 6.01. The first-order valence-electron chi connectivity index (χ1n) is 7.57. The van der Waals surface area contributed by atoms with Crippen LogP contribution in [-0.2, 0) is 9.59 Å². The molecule has 1 aromatic rings. The molecule has 1 aliphatic heterocycles. The third kappa shape index (κ3) is 4.55. The number of amides is 2. The standard InChI is InChI=1S/C17H23FN2O2/c1-17(2,3)9-14(11-4-6-13(18)7-5-11)20-16(22)12-8-15(21)19-10-12/h4-7,12,14H,8-10H2,1-3H3,(H,19,21)(H,20,22). The number of benzene rings is 1. The van der Waals surface area contributed by atoms with E-state index in [1.165, 1.54) is 12.1 Å². The Morgan fingerprint density at radius 3 is 2.50 bits per heavy atom. The Morgan fingerprint density at radius 1 is 1.36 bits per heavy atom. The summed E-state index contributed by atoms with van der Waals surface area (Å²) in [5, 5.41) is 5.69. The van der Waals surface area contributed by atoms with Crippen LogP contribution in [0.3, 0.4) is 0 Å². The largest absolute Gasteiger partial charge is 0.355 e. The van der Waals surface area contributed by atoms with Crippen molar-refractivity contribution in [3.05, 3.63) is 35.6 Å². The van der Waals surface area contributed by atoms with E-state index in [1.807, 2.05) is 0 Å². The lowest BCUT2D eigenvalue weighted by atomic mass is 9.85. The van der Waals surface area contributed by atoms with Crippen molar-refractivity contribution in [1.82, 2.24) is 10.6 Å². The number of hydrogen-bond donors (Lipinski definition) is 2. The number of nitrogens with one attached hydrogen (secondary N) is 2. The first-order valence-corrected chi connectivity index (χ1v) is 7.57. The van der Waals surface area contributed by atoms with Gasteiger partial charge in [-0.3, -0.25) is 9.59 Å². The van der Waals surface area contributed by atoms with Crippen molar-refractivity contribution in [2.45, 2.75) is 39.7 Å². The van der Waals surface area contributed by atoms with Crippen LogP contribution in [0.25, 0.3) is 0 Å². The van der Waals surface area contributed by atoms with Gasteiger partial charge in [0.1, 0.15) is 5.82 Å². The SMILES string of the molecule is CC(C)(C)CC(NC(=O)C1CNC(=O)C1)c1ccc(F)cc1. The van der Waals surface area contributed by atoms with Crippen molar-refractivity contribution in [2.24, 2.45) is 11.3 Å². The Hall–Kier alpha value is -1.91. The lowest BCUT2D eigenvalue weighted by Gasteiger charge is -2.28. The molecule has 0 radical (unpaired) electrons. The Morgan fingerprint density at radius 2 is 2.00 bits per heavy atom. The zero-order chi connectivity index (χ0) is 16.3. The van der Waals surface area contributed by atoms with E-state index in [1.54, 1.807) is 12.1 Å². The minimum Gasteiger partial charge on any atom is -0.355 e. The number of rotatable bonds is 4. The van der Waals surface area contributed by atoms with Gasteiger partial charge in [0.25, 0.3) is 0 Å². The lowest BCUT2D eigenvalue weighted by molar-refractivity contribution is -0.127. The monoisotopic (exact) mass is 306 g/mol. The van der Waals surface area contributed by atoms with Gasteiger partial charge in [-0.2, -0.15) is 0 Å². The molecule has 0 saturated carbocycles. The molecule has 4 nitrogen and oxygen atoms in total. The van der Waals surface area contributed by atoms with Gasteiger partial charge in [-0.25, -0.2) is 4.39 Å². The van der Waals surface area contributed by atoms with E-state index >= 15 is 0 Å². The molecule has 0 aliphatic carbocycles. The summed E-state index contributed by atoms with van der Waals surface area (Å²) < 4.78 is 13.1. The van der Waals surface area contributed by atoms with Crippen molar-refractivity contribution in [3.8, 4) is 0 Å².